The molecule has 1 amide bonds. The maximum Gasteiger partial charge on any atom is 0.407 e. The van der Waals surface area contributed by atoms with Gasteiger partial charge in [-0.1, -0.05) is 18.2 Å². The van der Waals surface area contributed by atoms with Crippen LogP contribution in [0.4, 0.5) is 10.5 Å². The van der Waals surface area contributed by atoms with Gasteiger partial charge in [0.2, 0.25) is 0 Å². The highest BCUT2D eigenvalue weighted by Gasteiger charge is 2.14. The number of nitrogens with two attached hydrogens (primary N) is 1. The fourth-order valence-corrected chi connectivity index (χ4v) is 1.46. The summed E-state index contributed by atoms with van der Waals surface area (Å²) in [7, 11) is 0. The normalized spacial score (nSPS) is 11.1. The van der Waals surface area contributed by atoms with Crippen molar-refractivity contribution in [1.82, 2.24) is 5.32 Å². The minimum atomic E-state index is -0.515. The van der Waals surface area contributed by atoms with Crippen LogP contribution in [0.1, 0.15) is 31.9 Å². The Morgan fingerprint density at radius 1 is 1.50 bits per heavy atom. The van der Waals surface area contributed by atoms with Gasteiger partial charge in [0.1, 0.15) is 5.60 Å². The molecule has 0 fully saturated rings. The molecule has 0 radical (unpaired) electrons. The summed E-state index contributed by atoms with van der Waals surface area (Å²) >= 11 is 0. The number of alkyl carbamates (subject to hydrolysis) is 1. The Labute approximate surface area is 119 Å². The van der Waals surface area contributed by atoms with E-state index in [9.17, 15) is 4.79 Å². The van der Waals surface area contributed by atoms with Gasteiger partial charge >= 0.3 is 6.09 Å². The lowest BCUT2D eigenvalue weighted by molar-refractivity contribution is 0.0534. The number of benzene rings is 1. The molecule has 106 valence electrons. The van der Waals surface area contributed by atoms with E-state index in [4.69, 9.17) is 15.7 Å². The summed E-state index contributed by atoms with van der Waals surface area (Å²) < 4.78 is 5.10. The number of hydrogen-bond acceptors (Lipinski definition) is 4. The third-order valence-electron chi connectivity index (χ3n) is 2.26. The molecule has 0 spiro atoms. The SMILES string of the molecule is CC(C)(C)OC(=O)NCC=Cc1ccc(N)cc1C#N. The highest BCUT2D eigenvalue weighted by Crippen LogP contribution is 2.14. The summed E-state index contributed by atoms with van der Waals surface area (Å²) in [6, 6.07) is 7.17. The number of nitrogen functional groups attached to an aromatic ring is 1. The van der Waals surface area contributed by atoms with Gasteiger partial charge in [-0.05, 0) is 38.5 Å². The first-order valence-electron chi connectivity index (χ1n) is 6.25. The number of nitrogens with one attached hydrogen (secondary N) is 1. The predicted molar refractivity (Wildman–Crippen MR) is 78.8 cm³/mol. The van der Waals surface area contributed by atoms with Crippen molar-refractivity contribution in [3.8, 4) is 6.07 Å². The highest BCUT2D eigenvalue weighted by atomic mass is 16.6. The summed E-state index contributed by atoms with van der Waals surface area (Å²) in [6.07, 6.45) is 3.03. The van der Waals surface area contributed by atoms with E-state index in [2.05, 4.69) is 11.4 Å². The van der Waals surface area contributed by atoms with Crippen LogP contribution >= 0.6 is 0 Å². The second-order valence-corrected chi connectivity index (χ2v) is 5.24. The zero-order valence-corrected chi connectivity index (χ0v) is 11.9. The maximum absolute atomic E-state index is 11.4. The van der Waals surface area contributed by atoms with E-state index < -0.39 is 11.7 Å². The van der Waals surface area contributed by atoms with Gasteiger partial charge < -0.3 is 15.8 Å². The zero-order valence-electron chi connectivity index (χ0n) is 11.9. The van der Waals surface area contributed by atoms with Crippen molar-refractivity contribution < 1.29 is 9.53 Å². The number of rotatable bonds is 3. The van der Waals surface area contributed by atoms with Crippen LogP contribution < -0.4 is 11.1 Å². The van der Waals surface area contributed by atoms with Crippen molar-refractivity contribution in [3.05, 3.63) is 35.4 Å². The number of nitrogens with zero attached hydrogens (tertiary/aromatic N) is 1. The Morgan fingerprint density at radius 2 is 2.20 bits per heavy atom. The van der Waals surface area contributed by atoms with Crippen LogP contribution in [0.2, 0.25) is 0 Å². The molecule has 1 aromatic rings. The summed E-state index contributed by atoms with van der Waals surface area (Å²) in [5.41, 5.74) is 6.90. The Morgan fingerprint density at radius 3 is 2.80 bits per heavy atom. The molecule has 1 rings (SSSR count). The molecule has 0 saturated carbocycles. The van der Waals surface area contributed by atoms with E-state index in [0.717, 1.165) is 5.56 Å². The quantitative estimate of drug-likeness (QED) is 0.829. The van der Waals surface area contributed by atoms with Crippen molar-refractivity contribution >= 4 is 17.9 Å². The molecule has 0 unspecified atom stereocenters. The van der Waals surface area contributed by atoms with Gasteiger partial charge in [0.05, 0.1) is 11.6 Å². The van der Waals surface area contributed by atoms with Crippen molar-refractivity contribution in [2.45, 2.75) is 26.4 Å². The van der Waals surface area contributed by atoms with Gasteiger partial charge in [-0.15, -0.1) is 0 Å². The number of anilines is 1. The van der Waals surface area contributed by atoms with Crippen LogP contribution in [-0.2, 0) is 4.74 Å². The molecular weight excluding hydrogens is 254 g/mol. The van der Waals surface area contributed by atoms with E-state index in [0.29, 0.717) is 17.8 Å². The number of hydrogen-bond donors (Lipinski definition) is 2. The second-order valence-electron chi connectivity index (χ2n) is 5.24. The van der Waals surface area contributed by atoms with Crippen molar-refractivity contribution in [2.24, 2.45) is 0 Å². The van der Waals surface area contributed by atoms with Gasteiger partial charge in [0, 0.05) is 12.2 Å². The average Bonchev–Trinajstić information content (AvgIpc) is 2.33. The fraction of sp³-hybridized carbons (Fsp3) is 0.333. The van der Waals surface area contributed by atoms with E-state index >= 15 is 0 Å². The van der Waals surface area contributed by atoms with Crippen molar-refractivity contribution in [3.63, 3.8) is 0 Å². The van der Waals surface area contributed by atoms with Gasteiger partial charge in [-0.2, -0.15) is 5.26 Å². The van der Waals surface area contributed by atoms with Gasteiger partial charge in [0.15, 0.2) is 0 Å². The first-order valence-corrected chi connectivity index (χ1v) is 6.25. The van der Waals surface area contributed by atoms with Gasteiger partial charge in [-0.25, -0.2) is 4.79 Å². The van der Waals surface area contributed by atoms with Crippen LogP contribution in [0.3, 0.4) is 0 Å². The van der Waals surface area contributed by atoms with Crippen LogP contribution in [0.25, 0.3) is 6.08 Å². The Hall–Kier alpha value is -2.48. The topological polar surface area (TPSA) is 88.1 Å². The third kappa shape index (κ3) is 5.44. The summed E-state index contributed by atoms with van der Waals surface area (Å²) in [5, 5.41) is 11.6. The lowest BCUT2D eigenvalue weighted by Crippen LogP contribution is -2.32. The third-order valence-corrected chi connectivity index (χ3v) is 2.26. The fourth-order valence-electron chi connectivity index (χ4n) is 1.46. The summed E-state index contributed by atoms with van der Waals surface area (Å²) in [4.78, 5) is 11.4. The van der Waals surface area contributed by atoms with E-state index in [1.165, 1.54) is 0 Å². The molecule has 0 aromatic heterocycles. The Bertz CT molecular complexity index is 551. The maximum atomic E-state index is 11.4. The lowest BCUT2D eigenvalue weighted by Gasteiger charge is -2.19. The van der Waals surface area contributed by atoms with Crippen molar-refractivity contribution in [2.75, 3.05) is 12.3 Å². The highest BCUT2D eigenvalue weighted by molar-refractivity contribution is 5.68. The summed E-state index contributed by atoms with van der Waals surface area (Å²) in [6.45, 7) is 5.73. The minimum Gasteiger partial charge on any atom is -0.444 e. The number of amides is 1. The molecule has 0 bridgehead atoms. The molecule has 0 aliphatic rings. The zero-order chi connectivity index (χ0) is 15.2. The Balaban J connectivity index is 2.54. The van der Waals surface area contributed by atoms with Gasteiger partial charge in [0.25, 0.3) is 0 Å². The first kappa shape index (κ1) is 15.6. The number of ether oxygens (including phenoxy) is 1. The summed E-state index contributed by atoms with van der Waals surface area (Å²) in [5.74, 6) is 0. The van der Waals surface area contributed by atoms with Crippen LogP contribution in [-0.4, -0.2) is 18.2 Å². The van der Waals surface area contributed by atoms with E-state index in [-0.39, 0.29) is 0 Å². The molecular formula is C15H19N3O2. The van der Waals surface area contributed by atoms with E-state index in [1.807, 2.05) is 0 Å². The minimum absolute atomic E-state index is 0.324. The van der Waals surface area contributed by atoms with E-state index in [1.54, 1.807) is 51.1 Å². The average molecular weight is 273 g/mol. The molecule has 0 aliphatic heterocycles. The first-order chi connectivity index (χ1) is 9.31. The van der Waals surface area contributed by atoms with Crippen LogP contribution in [0.15, 0.2) is 24.3 Å². The van der Waals surface area contributed by atoms with Gasteiger partial charge in [-0.3, -0.25) is 0 Å². The standard InChI is InChI=1S/C15H19N3O2/c1-15(2,3)20-14(19)18-8-4-5-11-6-7-13(17)9-12(11)10-16/h4-7,9H,8,17H2,1-3H3,(H,18,19). The molecule has 5 nitrogen and oxygen atoms in total. The second kappa shape index (κ2) is 6.62. The largest absolute Gasteiger partial charge is 0.444 e. The predicted octanol–water partition coefficient (Wildman–Crippen LogP) is 2.68. The number of nitriles is 1. The molecule has 0 saturated heterocycles. The van der Waals surface area contributed by atoms with Crippen LogP contribution in [0, 0.1) is 11.3 Å². The van der Waals surface area contributed by atoms with Crippen molar-refractivity contribution in [1.29, 1.82) is 5.26 Å². The molecule has 1 aromatic carbocycles. The number of carbonyl (C=O) groups is 1. The monoisotopic (exact) mass is 273 g/mol. The molecule has 5 heteroatoms. The Kier molecular flexibility index (Phi) is 5.15. The lowest BCUT2D eigenvalue weighted by atomic mass is 10.1. The molecule has 20 heavy (non-hydrogen) atoms. The smallest absolute Gasteiger partial charge is 0.407 e. The molecule has 0 atom stereocenters. The number of carbonyl (C=O) groups excluding carboxylic acids is 1. The molecule has 3 N–H and O–H groups in total. The van der Waals surface area contributed by atoms with Crippen LogP contribution in [0.5, 0.6) is 0 Å². The molecule has 0 aliphatic carbocycles. The molecule has 0 heterocycles.